The second-order valence-corrected chi connectivity index (χ2v) is 5.64. The first kappa shape index (κ1) is 13.1. The first-order valence-corrected chi connectivity index (χ1v) is 6.43. The average Bonchev–Trinajstić information content (AvgIpc) is 2.66. The fraction of sp³-hybridized carbons (Fsp3) is 0.643. The van der Waals surface area contributed by atoms with Crippen LogP contribution in [0.1, 0.15) is 37.9 Å². The van der Waals surface area contributed by atoms with Gasteiger partial charge in [0.05, 0.1) is 5.60 Å². The predicted molar refractivity (Wildman–Crippen MR) is 70.0 cm³/mol. The molecule has 18 heavy (non-hydrogen) atoms. The molecular formula is C14H21N3O. The van der Waals surface area contributed by atoms with Gasteiger partial charge < -0.3 is 14.6 Å². The van der Waals surface area contributed by atoms with Crippen molar-refractivity contribution in [1.82, 2.24) is 9.88 Å². The summed E-state index contributed by atoms with van der Waals surface area (Å²) in [5.41, 5.74) is 1.85. The minimum absolute atomic E-state index is 0.0234. The van der Waals surface area contributed by atoms with Crippen LogP contribution in [0, 0.1) is 11.3 Å². The maximum atomic E-state index is 8.91. The van der Waals surface area contributed by atoms with E-state index in [1.165, 1.54) is 5.56 Å². The molecule has 4 nitrogen and oxygen atoms in total. The van der Waals surface area contributed by atoms with E-state index >= 15 is 0 Å². The second-order valence-electron chi connectivity index (χ2n) is 5.64. The van der Waals surface area contributed by atoms with Crippen molar-refractivity contribution >= 4 is 0 Å². The van der Waals surface area contributed by atoms with E-state index in [9.17, 15) is 0 Å². The number of hydrogen-bond acceptors (Lipinski definition) is 3. The van der Waals surface area contributed by atoms with Crippen LogP contribution in [0.2, 0.25) is 0 Å². The zero-order valence-electron chi connectivity index (χ0n) is 11.4. The van der Waals surface area contributed by atoms with Gasteiger partial charge >= 0.3 is 0 Å². The molecule has 4 heteroatoms. The van der Waals surface area contributed by atoms with Crippen molar-refractivity contribution in [3.05, 3.63) is 23.5 Å². The predicted octanol–water partition coefficient (Wildman–Crippen LogP) is 1.94. The third-order valence-corrected chi connectivity index (χ3v) is 3.47. The molecule has 1 unspecified atom stereocenters. The molecule has 1 N–H and O–H groups in total. The van der Waals surface area contributed by atoms with E-state index in [-0.39, 0.29) is 5.60 Å². The number of aromatic nitrogens is 1. The molecule has 98 valence electrons. The van der Waals surface area contributed by atoms with E-state index in [2.05, 4.69) is 25.2 Å². The summed E-state index contributed by atoms with van der Waals surface area (Å²) in [5.74, 6) is 0. The van der Waals surface area contributed by atoms with Gasteiger partial charge in [-0.15, -0.1) is 0 Å². The quantitative estimate of drug-likeness (QED) is 0.888. The highest BCUT2D eigenvalue weighted by molar-refractivity contribution is 5.28. The van der Waals surface area contributed by atoms with E-state index in [0.717, 1.165) is 26.0 Å². The van der Waals surface area contributed by atoms with E-state index in [1.54, 1.807) is 0 Å². The molecule has 1 aliphatic heterocycles. The van der Waals surface area contributed by atoms with Crippen molar-refractivity contribution in [2.24, 2.45) is 7.05 Å². The Morgan fingerprint density at radius 2 is 2.39 bits per heavy atom. The summed E-state index contributed by atoms with van der Waals surface area (Å²) < 4.78 is 7.57. The summed E-state index contributed by atoms with van der Waals surface area (Å²) in [5, 5.41) is 12.5. The van der Waals surface area contributed by atoms with Crippen LogP contribution in [0.5, 0.6) is 0 Å². The number of nitriles is 1. The van der Waals surface area contributed by atoms with Crippen molar-refractivity contribution in [2.45, 2.75) is 44.9 Å². The fourth-order valence-electron chi connectivity index (χ4n) is 2.51. The Bertz CT molecular complexity index is 456. The van der Waals surface area contributed by atoms with Crippen molar-refractivity contribution in [1.29, 1.82) is 5.26 Å². The van der Waals surface area contributed by atoms with Crippen LogP contribution in [0.4, 0.5) is 0 Å². The molecule has 1 aliphatic rings. The summed E-state index contributed by atoms with van der Waals surface area (Å²) in [7, 11) is 1.90. The Morgan fingerprint density at radius 1 is 1.61 bits per heavy atom. The monoisotopic (exact) mass is 247 g/mol. The minimum atomic E-state index is -0.0234. The molecule has 0 aromatic carbocycles. The first-order chi connectivity index (χ1) is 8.50. The lowest BCUT2D eigenvalue weighted by atomic mass is 9.94. The number of aryl methyl sites for hydroxylation is 1. The van der Waals surface area contributed by atoms with Gasteiger partial charge in [-0.05, 0) is 38.3 Å². The molecule has 2 rings (SSSR count). The lowest BCUT2D eigenvalue weighted by molar-refractivity contribution is -0.0630. The molecule has 0 bridgehead atoms. The van der Waals surface area contributed by atoms with Gasteiger partial charge in [-0.1, -0.05) is 0 Å². The molecule has 1 aromatic heterocycles. The van der Waals surface area contributed by atoms with E-state index in [4.69, 9.17) is 10.00 Å². The number of nitrogens with one attached hydrogen (secondary N) is 1. The third kappa shape index (κ3) is 3.12. The molecular weight excluding hydrogens is 226 g/mol. The number of ether oxygens (including phenoxy) is 1. The minimum Gasteiger partial charge on any atom is -0.375 e. The lowest BCUT2D eigenvalue weighted by Crippen LogP contribution is -2.43. The highest BCUT2D eigenvalue weighted by Gasteiger charge is 2.28. The molecule has 1 fully saturated rings. The highest BCUT2D eigenvalue weighted by atomic mass is 16.5. The van der Waals surface area contributed by atoms with Crippen LogP contribution in [0.25, 0.3) is 0 Å². The van der Waals surface area contributed by atoms with E-state index in [1.807, 2.05) is 23.9 Å². The molecule has 1 atom stereocenters. The maximum Gasteiger partial charge on any atom is 0.120 e. The first-order valence-electron chi connectivity index (χ1n) is 6.43. The van der Waals surface area contributed by atoms with Crippen LogP contribution >= 0.6 is 0 Å². The molecule has 0 amide bonds. The lowest BCUT2D eigenvalue weighted by Gasteiger charge is -2.35. The Morgan fingerprint density at radius 3 is 3.00 bits per heavy atom. The normalized spacial score (nSPS) is 22.7. The van der Waals surface area contributed by atoms with Gasteiger partial charge in [0.25, 0.3) is 0 Å². The average molecular weight is 247 g/mol. The number of rotatable bonds is 3. The summed E-state index contributed by atoms with van der Waals surface area (Å²) >= 11 is 0. The molecule has 2 heterocycles. The molecule has 1 saturated heterocycles. The van der Waals surface area contributed by atoms with Gasteiger partial charge in [0, 0.05) is 32.4 Å². The Kier molecular flexibility index (Phi) is 3.74. The van der Waals surface area contributed by atoms with E-state index < -0.39 is 0 Å². The van der Waals surface area contributed by atoms with Crippen molar-refractivity contribution in [3.63, 3.8) is 0 Å². The van der Waals surface area contributed by atoms with Gasteiger partial charge in [0.1, 0.15) is 11.8 Å². The second kappa shape index (κ2) is 5.13. The smallest absolute Gasteiger partial charge is 0.120 e. The zero-order chi connectivity index (χ0) is 13.2. The van der Waals surface area contributed by atoms with Crippen molar-refractivity contribution < 1.29 is 4.74 Å². The molecule has 0 radical (unpaired) electrons. The van der Waals surface area contributed by atoms with Crippen LogP contribution < -0.4 is 5.32 Å². The molecule has 0 spiro atoms. The Hall–Kier alpha value is -1.31. The summed E-state index contributed by atoms with van der Waals surface area (Å²) in [6, 6.07) is 4.62. The fourth-order valence-corrected chi connectivity index (χ4v) is 2.51. The summed E-state index contributed by atoms with van der Waals surface area (Å²) in [6.07, 6.45) is 4.10. The topological polar surface area (TPSA) is 50.0 Å². The molecule has 0 aliphatic carbocycles. The van der Waals surface area contributed by atoms with Crippen molar-refractivity contribution in [3.8, 4) is 6.07 Å². The maximum absolute atomic E-state index is 8.91. The molecule has 0 saturated carbocycles. The number of hydrogen-bond donors (Lipinski definition) is 1. The zero-order valence-corrected chi connectivity index (χ0v) is 11.4. The van der Waals surface area contributed by atoms with Gasteiger partial charge in [0.2, 0.25) is 0 Å². The Balaban J connectivity index is 1.89. The van der Waals surface area contributed by atoms with Gasteiger partial charge in [-0.3, -0.25) is 0 Å². The highest BCUT2D eigenvalue weighted by Crippen LogP contribution is 2.24. The largest absolute Gasteiger partial charge is 0.375 e. The molecule has 1 aromatic rings. The van der Waals surface area contributed by atoms with Crippen LogP contribution in [0.15, 0.2) is 12.3 Å². The Labute approximate surface area is 109 Å². The van der Waals surface area contributed by atoms with Gasteiger partial charge in [0.15, 0.2) is 0 Å². The number of nitrogens with zero attached hydrogens (tertiary/aromatic N) is 2. The van der Waals surface area contributed by atoms with Crippen LogP contribution in [-0.2, 0) is 18.3 Å². The van der Waals surface area contributed by atoms with Crippen molar-refractivity contribution in [2.75, 3.05) is 6.61 Å². The summed E-state index contributed by atoms with van der Waals surface area (Å²) in [4.78, 5) is 0. The third-order valence-electron chi connectivity index (χ3n) is 3.47. The standard InChI is InChI=1S/C14H21N3O/c1-14(2)7-12(4-5-18-14)16-9-11-6-13(8-15)17(3)10-11/h6,10,12,16H,4-5,7,9H2,1-3H3. The van der Waals surface area contributed by atoms with Gasteiger partial charge in [-0.2, -0.15) is 5.26 Å². The van der Waals surface area contributed by atoms with E-state index in [0.29, 0.717) is 11.7 Å². The van der Waals surface area contributed by atoms with Crippen LogP contribution in [0.3, 0.4) is 0 Å². The van der Waals surface area contributed by atoms with Gasteiger partial charge in [-0.25, -0.2) is 0 Å². The SMILES string of the molecule is Cn1cc(CNC2CCOC(C)(C)C2)cc1C#N. The van der Waals surface area contributed by atoms with Crippen LogP contribution in [-0.4, -0.2) is 22.8 Å². The summed E-state index contributed by atoms with van der Waals surface area (Å²) in [6.45, 7) is 5.91.